The number of carbonyl (C=O) groups is 2. The van der Waals surface area contributed by atoms with Gasteiger partial charge in [-0.15, -0.1) is 11.8 Å². The number of carboxylic acid groups (broad SMARTS) is 1. The van der Waals surface area contributed by atoms with E-state index >= 15 is 0 Å². The molecule has 21 heavy (non-hydrogen) atoms. The molecule has 1 aromatic rings. The number of hydrogen-bond donors (Lipinski definition) is 2. The Balaban J connectivity index is 2.16. The van der Waals surface area contributed by atoms with E-state index in [0.29, 0.717) is 23.4 Å². The van der Waals surface area contributed by atoms with Crippen LogP contribution in [0.15, 0.2) is 18.2 Å². The van der Waals surface area contributed by atoms with Gasteiger partial charge in [0.05, 0.1) is 5.37 Å². The van der Waals surface area contributed by atoms with Crippen LogP contribution in [0.4, 0.5) is 14.9 Å². The summed E-state index contributed by atoms with van der Waals surface area (Å²) in [7, 11) is 0. The number of amides is 2. The minimum absolute atomic E-state index is 0.160. The zero-order chi connectivity index (χ0) is 15.6. The molecule has 0 bridgehead atoms. The molecule has 0 spiro atoms. The van der Waals surface area contributed by atoms with Gasteiger partial charge in [0.15, 0.2) is 0 Å². The smallest absolute Gasteiger partial charge is 0.327 e. The number of nitrogens with zero attached hydrogens (tertiary/aromatic N) is 1. The molecule has 5 nitrogen and oxygen atoms in total. The molecule has 0 aromatic heterocycles. The number of hydrogen-bond acceptors (Lipinski definition) is 3. The molecule has 1 saturated heterocycles. The highest BCUT2D eigenvalue weighted by Crippen LogP contribution is 2.32. The molecule has 2 rings (SSSR count). The molecule has 1 aliphatic rings. The Bertz CT molecular complexity index is 567. The molecule has 0 radical (unpaired) electrons. The second-order valence-electron chi connectivity index (χ2n) is 4.85. The molecule has 1 fully saturated rings. The Morgan fingerprint density at radius 3 is 2.81 bits per heavy atom. The Labute approximate surface area is 126 Å². The van der Waals surface area contributed by atoms with Gasteiger partial charge in [-0.2, -0.15) is 0 Å². The van der Waals surface area contributed by atoms with E-state index in [4.69, 9.17) is 0 Å². The predicted octanol–water partition coefficient (Wildman–Crippen LogP) is 2.90. The minimum atomic E-state index is -1.01. The van der Waals surface area contributed by atoms with E-state index in [9.17, 15) is 19.1 Å². The van der Waals surface area contributed by atoms with Gasteiger partial charge < -0.3 is 10.4 Å². The van der Waals surface area contributed by atoms with Gasteiger partial charge in [0, 0.05) is 11.4 Å². The van der Waals surface area contributed by atoms with Gasteiger partial charge in [-0.05, 0) is 37.1 Å². The van der Waals surface area contributed by atoms with E-state index in [1.807, 2.05) is 6.92 Å². The van der Waals surface area contributed by atoms with Crippen LogP contribution < -0.4 is 5.32 Å². The summed E-state index contributed by atoms with van der Waals surface area (Å²) in [5.74, 6) is -0.979. The number of benzene rings is 1. The monoisotopic (exact) mass is 312 g/mol. The van der Waals surface area contributed by atoms with Crippen LogP contribution in [0.25, 0.3) is 0 Å². The van der Waals surface area contributed by atoms with Crippen molar-refractivity contribution < 1.29 is 19.1 Å². The van der Waals surface area contributed by atoms with E-state index in [0.717, 1.165) is 0 Å². The van der Waals surface area contributed by atoms with Crippen molar-refractivity contribution in [2.45, 2.75) is 31.7 Å². The van der Waals surface area contributed by atoms with E-state index in [-0.39, 0.29) is 11.2 Å². The maximum atomic E-state index is 13.2. The van der Waals surface area contributed by atoms with Gasteiger partial charge >= 0.3 is 12.0 Å². The first kappa shape index (κ1) is 15.6. The zero-order valence-corrected chi connectivity index (χ0v) is 12.6. The van der Waals surface area contributed by atoms with Gasteiger partial charge in [0.25, 0.3) is 0 Å². The van der Waals surface area contributed by atoms with Crippen LogP contribution in [0.2, 0.25) is 0 Å². The van der Waals surface area contributed by atoms with Crippen molar-refractivity contribution in [2.75, 3.05) is 11.1 Å². The first-order chi connectivity index (χ1) is 9.93. The Morgan fingerprint density at radius 1 is 1.52 bits per heavy atom. The van der Waals surface area contributed by atoms with Crippen molar-refractivity contribution in [3.05, 3.63) is 29.6 Å². The average Bonchev–Trinajstić information content (AvgIpc) is 2.87. The Hall–Kier alpha value is -1.76. The summed E-state index contributed by atoms with van der Waals surface area (Å²) < 4.78 is 13.2. The van der Waals surface area contributed by atoms with Crippen LogP contribution in [0, 0.1) is 12.7 Å². The summed E-state index contributed by atoms with van der Waals surface area (Å²) in [5, 5.41) is 11.7. The molecule has 2 unspecified atom stereocenters. The number of thioether (sulfide) groups is 1. The van der Waals surface area contributed by atoms with Crippen LogP contribution in [-0.4, -0.2) is 39.2 Å². The lowest BCUT2D eigenvalue weighted by atomic mass is 10.2. The second-order valence-corrected chi connectivity index (χ2v) is 6.06. The number of anilines is 1. The van der Waals surface area contributed by atoms with Gasteiger partial charge in [-0.25, -0.2) is 14.0 Å². The fraction of sp³-hybridized carbons (Fsp3) is 0.429. The third-order valence-corrected chi connectivity index (χ3v) is 4.82. The molecule has 114 valence electrons. The van der Waals surface area contributed by atoms with Crippen molar-refractivity contribution in [1.29, 1.82) is 0 Å². The lowest BCUT2D eigenvalue weighted by molar-refractivity contribution is -0.141. The minimum Gasteiger partial charge on any atom is -0.480 e. The van der Waals surface area contributed by atoms with E-state index in [1.54, 1.807) is 6.92 Å². The predicted molar refractivity (Wildman–Crippen MR) is 80.0 cm³/mol. The first-order valence-electron chi connectivity index (χ1n) is 6.64. The summed E-state index contributed by atoms with van der Waals surface area (Å²) in [6.07, 6.45) is 0.671. The fourth-order valence-corrected chi connectivity index (χ4v) is 3.60. The van der Waals surface area contributed by atoms with Crippen LogP contribution in [0.1, 0.15) is 18.9 Å². The van der Waals surface area contributed by atoms with Gasteiger partial charge in [-0.3, -0.25) is 4.90 Å². The summed E-state index contributed by atoms with van der Waals surface area (Å²) in [5.41, 5.74) is 0.875. The van der Waals surface area contributed by atoms with Crippen molar-refractivity contribution >= 4 is 29.4 Å². The maximum absolute atomic E-state index is 13.2. The highest BCUT2D eigenvalue weighted by Gasteiger charge is 2.40. The number of urea groups is 1. The fourth-order valence-electron chi connectivity index (χ4n) is 2.25. The zero-order valence-electron chi connectivity index (χ0n) is 11.8. The van der Waals surface area contributed by atoms with Crippen LogP contribution in [0.3, 0.4) is 0 Å². The van der Waals surface area contributed by atoms with Gasteiger partial charge in [0.1, 0.15) is 11.9 Å². The molecular weight excluding hydrogens is 295 g/mol. The number of aliphatic carboxylic acids is 1. The Kier molecular flexibility index (Phi) is 4.72. The molecule has 2 amide bonds. The van der Waals surface area contributed by atoms with Crippen molar-refractivity contribution in [3.8, 4) is 0 Å². The molecule has 1 aliphatic heterocycles. The normalized spacial score (nSPS) is 21.4. The number of carbonyl (C=O) groups excluding carboxylic acids is 1. The van der Waals surface area contributed by atoms with Crippen molar-refractivity contribution in [3.63, 3.8) is 0 Å². The van der Waals surface area contributed by atoms with E-state index in [1.165, 1.54) is 34.9 Å². The molecule has 1 aromatic carbocycles. The molecule has 1 heterocycles. The summed E-state index contributed by atoms with van der Waals surface area (Å²) in [6, 6.07) is 2.95. The number of rotatable bonds is 3. The SMILES string of the molecule is CCC1SCC(C(=O)O)N1C(=O)Nc1ccc(F)c(C)c1. The third kappa shape index (κ3) is 3.29. The molecule has 7 heteroatoms. The van der Waals surface area contributed by atoms with Gasteiger partial charge in [0.2, 0.25) is 0 Å². The molecule has 2 atom stereocenters. The summed E-state index contributed by atoms with van der Waals surface area (Å²) >= 11 is 1.46. The van der Waals surface area contributed by atoms with E-state index < -0.39 is 18.0 Å². The van der Waals surface area contributed by atoms with Crippen molar-refractivity contribution in [2.24, 2.45) is 0 Å². The lowest BCUT2D eigenvalue weighted by Crippen LogP contribution is -2.47. The molecule has 2 N–H and O–H groups in total. The number of aryl methyl sites for hydroxylation is 1. The highest BCUT2D eigenvalue weighted by molar-refractivity contribution is 8.00. The highest BCUT2D eigenvalue weighted by atomic mass is 32.2. The number of nitrogens with one attached hydrogen (secondary N) is 1. The third-order valence-electron chi connectivity index (χ3n) is 3.37. The van der Waals surface area contributed by atoms with Crippen LogP contribution in [0.5, 0.6) is 0 Å². The number of carboxylic acids is 1. The summed E-state index contributed by atoms with van der Waals surface area (Å²) in [6.45, 7) is 3.51. The van der Waals surface area contributed by atoms with Gasteiger partial charge in [-0.1, -0.05) is 6.92 Å². The Morgan fingerprint density at radius 2 is 2.24 bits per heavy atom. The average molecular weight is 312 g/mol. The standard InChI is InChI=1S/C14H17FN2O3S/c1-3-12-17(11(7-21-12)13(18)19)14(20)16-9-4-5-10(15)8(2)6-9/h4-6,11-12H,3,7H2,1-2H3,(H,16,20)(H,18,19). The van der Waals surface area contributed by atoms with Crippen molar-refractivity contribution in [1.82, 2.24) is 4.90 Å². The first-order valence-corrected chi connectivity index (χ1v) is 7.68. The molecular formula is C14H17FN2O3S. The van der Waals surface area contributed by atoms with E-state index in [2.05, 4.69) is 5.32 Å². The topological polar surface area (TPSA) is 69.6 Å². The lowest BCUT2D eigenvalue weighted by Gasteiger charge is -2.26. The second kappa shape index (κ2) is 6.34. The van der Waals surface area contributed by atoms with Crippen LogP contribution in [-0.2, 0) is 4.79 Å². The molecule has 0 saturated carbocycles. The van der Waals surface area contributed by atoms with Crippen LogP contribution >= 0.6 is 11.8 Å². The largest absolute Gasteiger partial charge is 0.480 e. The molecule has 0 aliphatic carbocycles. The summed E-state index contributed by atoms with van der Waals surface area (Å²) in [4.78, 5) is 24.9. The quantitative estimate of drug-likeness (QED) is 0.900. The maximum Gasteiger partial charge on any atom is 0.327 e. The number of halogens is 1.